The molecule has 5 nitrogen and oxygen atoms in total. The summed E-state index contributed by atoms with van der Waals surface area (Å²) in [4.78, 5) is 22.1. The summed E-state index contributed by atoms with van der Waals surface area (Å²) in [6.45, 7) is -0.675. The van der Waals surface area contributed by atoms with Gasteiger partial charge in [-0.15, -0.1) is 0 Å². The lowest BCUT2D eigenvalue weighted by atomic mass is 10.2. The smallest absolute Gasteiger partial charge is 0.328 e. The van der Waals surface area contributed by atoms with Crippen LogP contribution < -0.4 is 5.32 Å². The van der Waals surface area contributed by atoms with Crippen molar-refractivity contribution in [2.75, 3.05) is 6.61 Å². The Morgan fingerprint density at radius 1 is 1.38 bits per heavy atom. The molecule has 0 heterocycles. The van der Waals surface area contributed by atoms with Crippen molar-refractivity contribution in [1.29, 1.82) is 0 Å². The fourth-order valence-electron chi connectivity index (χ4n) is 1.07. The molecule has 86 valence electrons. The Labute approximate surface area is 96.7 Å². The minimum absolute atomic E-state index is 0.170. The van der Waals surface area contributed by atoms with Crippen LogP contribution in [0.5, 0.6) is 0 Å². The third-order valence-electron chi connectivity index (χ3n) is 1.90. The molecule has 1 aromatic rings. The van der Waals surface area contributed by atoms with Crippen LogP contribution in [0.4, 0.5) is 0 Å². The second kappa shape index (κ2) is 5.48. The summed E-state index contributed by atoms with van der Waals surface area (Å²) in [5, 5.41) is 19.7. The fourth-order valence-corrected chi connectivity index (χ4v) is 1.29. The lowest BCUT2D eigenvalue weighted by Gasteiger charge is -2.12. The standard InChI is InChI=1S/C10H10ClNO4/c11-7-4-2-1-3-6(7)9(14)12-8(5-13)10(15)16/h1-4,8,13H,5H2,(H,12,14)(H,15,16)/t8-/m0/s1. The van der Waals surface area contributed by atoms with Crippen LogP contribution in [0.25, 0.3) is 0 Å². The molecule has 0 fully saturated rings. The van der Waals surface area contributed by atoms with Crippen molar-refractivity contribution in [2.45, 2.75) is 6.04 Å². The lowest BCUT2D eigenvalue weighted by Crippen LogP contribution is -2.43. The van der Waals surface area contributed by atoms with Gasteiger partial charge in [0.1, 0.15) is 0 Å². The normalized spacial score (nSPS) is 11.9. The number of carboxylic acids is 1. The molecule has 0 spiro atoms. The average molecular weight is 244 g/mol. The van der Waals surface area contributed by atoms with Crippen LogP contribution in [-0.2, 0) is 4.79 Å². The molecule has 0 aliphatic rings. The first-order chi connectivity index (χ1) is 7.56. The Bertz CT molecular complexity index is 408. The molecule has 0 unspecified atom stereocenters. The molecule has 0 bridgehead atoms. The average Bonchev–Trinajstić information content (AvgIpc) is 2.25. The maximum absolute atomic E-state index is 11.6. The van der Waals surface area contributed by atoms with Crippen LogP contribution in [0.3, 0.4) is 0 Å². The highest BCUT2D eigenvalue weighted by molar-refractivity contribution is 6.33. The van der Waals surface area contributed by atoms with Gasteiger partial charge in [-0.3, -0.25) is 4.79 Å². The number of nitrogens with one attached hydrogen (secondary N) is 1. The number of carboxylic acid groups (broad SMARTS) is 1. The molecule has 0 aromatic heterocycles. The third-order valence-corrected chi connectivity index (χ3v) is 2.23. The summed E-state index contributed by atoms with van der Waals surface area (Å²) in [7, 11) is 0. The van der Waals surface area contributed by atoms with Gasteiger partial charge in [-0.25, -0.2) is 4.79 Å². The van der Waals surface area contributed by atoms with Gasteiger partial charge in [0.05, 0.1) is 17.2 Å². The van der Waals surface area contributed by atoms with Gasteiger partial charge in [0.25, 0.3) is 5.91 Å². The van der Waals surface area contributed by atoms with E-state index in [-0.39, 0.29) is 10.6 Å². The molecule has 0 radical (unpaired) electrons. The molecule has 1 amide bonds. The van der Waals surface area contributed by atoms with Crippen molar-refractivity contribution in [2.24, 2.45) is 0 Å². The van der Waals surface area contributed by atoms with Gasteiger partial charge in [0.15, 0.2) is 6.04 Å². The number of rotatable bonds is 4. The van der Waals surface area contributed by atoms with Crippen LogP contribution in [0.2, 0.25) is 5.02 Å². The van der Waals surface area contributed by atoms with Crippen LogP contribution in [0.15, 0.2) is 24.3 Å². The quantitative estimate of drug-likeness (QED) is 0.719. The number of aliphatic carboxylic acids is 1. The van der Waals surface area contributed by atoms with E-state index in [1.54, 1.807) is 12.1 Å². The maximum atomic E-state index is 11.6. The number of aliphatic hydroxyl groups is 1. The van der Waals surface area contributed by atoms with E-state index in [2.05, 4.69) is 5.32 Å². The zero-order valence-electron chi connectivity index (χ0n) is 8.18. The van der Waals surface area contributed by atoms with Gasteiger partial charge in [0.2, 0.25) is 0 Å². The molecule has 16 heavy (non-hydrogen) atoms. The Balaban J connectivity index is 2.80. The molecule has 1 atom stereocenters. The molecule has 0 saturated heterocycles. The molecular formula is C10H10ClNO4. The van der Waals surface area contributed by atoms with Gasteiger partial charge >= 0.3 is 5.97 Å². The van der Waals surface area contributed by atoms with Gasteiger partial charge in [-0.1, -0.05) is 23.7 Å². The number of carbonyl (C=O) groups excluding carboxylic acids is 1. The molecule has 3 N–H and O–H groups in total. The summed E-state index contributed by atoms with van der Waals surface area (Å²) in [6, 6.07) is 4.91. The van der Waals surface area contributed by atoms with Gasteiger partial charge < -0.3 is 15.5 Å². The minimum Gasteiger partial charge on any atom is -0.480 e. The highest BCUT2D eigenvalue weighted by atomic mass is 35.5. The van der Waals surface area contributed by atoms with Crippen molar-refractivity contribution in [3.05, 3.63) is 34.9 Å². The summed E-state index contributed by atoms with van der Waals surface area (Å²) >= 11 is 5.75. The van der Waals surface area contributed by atoms with Gasteiger partial charge in [-0.2, -0.15) is 0 Å². The van der Waals surface area contributed by atoms with E-state index in [1.165, 1.54) is 12.1 Å². The predicted molar refractivity (Wildman–Crippen MR) is 57.4 cm³/mol. The lowest BCUT2D eigenvalue weighted by molar-refractivity contribution is -0.140. The number of amides is 1. The minimum atomic E-state index is -1.33. The fraction of sp³-hybridized carbons (Fsp3) is 0.200. The molecule has 1 aromatic carbocycles. The molecule has 0 aliphatic heterocycles. The first-order valence-corrected chi connectivity index (χ1v) is 4.83. The predicted octanol–water partition coefficient (Wildman–Crippen LogP) is 0.515. The third kappa shape index (κ3) is 2.95. The zero-order valence-corrected chi connectivity index (χ0v) is 8.94. The molecule has 0 aliphatic carbocycles. The maximum Gasteiger partial charge on any atom is 0.328 e. The highest BCUT2D eigenvalue weighted by Crippen LogP contribution is 2.14. The van der Waals surface area contributed by atoms with E-state index in [0.717, 1.165) is 0 Å². The van der Waals surface area contributed by atoms with E-state index in [9.17, 15) is 9.59 Å². The van der Waals surface area contributed by atoms with Crippen molar-refractivity contribution < 1.29 is 19.8 Å². The Morgan fingerprint density at radius 2 is 2.00 bits per heavy atom. The van der Waals surface area contributed by atoms with Crippen LogP contribution in [0.1, 0.15) is 10.4 Å². The van der Waals surface area contributed by atoms with Crippen molar-refractivity contribution in [3.8, 4) is 0 Å². The topological polar surface area (TPSA) is 86.6 Å². The second-order valence-corrected chi connectivity index (χ2v) is 3.43. The van der Waals surface area contributed by atoms with Gasteiger partial charge in [-0.05, 0) is 12.1 Å². The number of benzene rings is 1. The Kier molecular flexibility index (Phi) is 4.28. The van der Waals surface area contributed by atoms with E-state index in [0.29, 0.717) is 0 Å². The van der Waals surface area contributed by atoms with Crippen molar-refractivity contribution >= 4 is 23.5 Å². The van der Waals surface area contributed by atoms with Crippen LogP contribution in [0, 0.1) is 0 Å². The van der Waals surface area contributed by atoms with Gasteiger partial charge in [0, 0.05) is 0 Å². The zero-order chi connectivity index (χ0) is 12.1. The van der Waals surface area contributed by atoms with Crippen LogP contribution in [-0.4, -0.2) is 34.7 Å². The number of hydrogen-bond donors (Lipinski definition) is 3. The van der Waals surface area contributed by atoms with Crippen molar-refractivity contribution in [1.82, 2.24) is 5.32 Å². The molecule has 0 saturated carbocycles. The van der Waals surface area contributed by atoms with E-state index in [1.807, 2.05) is 0 Å². The number of aliphatic hydroxyl groups excluding tert-OH is 1. The molecule has 1 rings (SSSR count). The van der Waals surface area contributed by atoms with Crippen LogP contribution >= 0.6 is 11.6 Å². The highest BCUT2D eigenvalue weighted by Gasteiger charge is 2.20. The monoisotopic (exact) mass is 243 g/mol. The second-order valence-electron chi connectivity index (χ2n) is 3.03. The summed E-state index contributed by atoms with van der Waals surface area (Å²) < 4.78 is 0. The number of hydrogen-bond acceptors (Lipinski definition) is 3. The first kappa shape index (κ1) is 12.5. The van der Waals surface area contributed by atoms with Crippen molar-refractivity contribution in [3.63, 3.8) is 0 Å². The van der Waals surface area contributed by atoms with E-state index in [4.69, 9.17) is 21.8 Å². The number of halogens is 1. The summed E-state index contributed by atoms with van der Waals surface area (Å²) in [5.74, 6) is -1.94. The molecule has 6 heteroatoms. The molecular weight excluding hydrogens is 234 g/mol. The summed E-state index contributed by atoms with van der Waals surface area (Å²) in [5.41, 5.74) is 0.170. The first-order valence-electron chi connectivity index (χ1n) is 4.45. The summed E-state index contributed by atoms with van der Waals surface area (Å²) in [6.07, 6.45) is 0. The van der Waals surface area contributed by atoms with E-state index < -0.39 is 24.5 Å². The van der Waals surface area contributed by atoms with E-state index >= 15 is 0 Å². The SMILES string of the molecule is O=C(N[C@@H](CO)C(=O)O)c1ccccc1Cl. The largest absolute Gasteiger partial charge is 0.480 e. The Hall–Kier alpha value is -1.59. The number of carbonyl (C=O) groups is 2. The Morgan fingerprint density at radius 3 is 2.50 bits per heavy atom.